The number of nitrogens with zero attached hydrogens (tertiary/aromatic N) is 1. The molecule has 1 amide bonds. The monoisotopic (exact) mass is 318 g/mol. The van der Waals surface area contributed by atoms with E-state index in [0.29, 0.717) is 6.54 Å². The molecule has 0 spiro atoms. The summed E-state index contributed by atoms with van der Waals surface area (Å²) >= 11 is 14.4. The Bertz CT molecular complexity index is 323. The van der Waals surface area contributed by atoms with Crippen molar-refractivity contribution >= 4 is 46.7 Å². The third-order valence-electron chi connectivity index (χ3n) is 2.29. The van der Waals surface area contributed by atoms with E-state index in [9.17, 15) is 9.59 Å². The minimum atomic E-state index is -2.17. The Morgan fingerprint density at radius 3 is 1.89 bits per heavy atom. The number of likely N-dealkylation sites (N-methyl/N-ethyl adjacent to an activating group) is 1. The summed E-state index contributed by atoms with van der Waals surface area (Å²) in [6.45, 7) is 6.86. The molecule has 0 bridgehead atoms. The molecule has 2 N–H and O–H groups in total. The molecule has 8 heteroatoms. The predicted molar refractivity (Wildman–Crippen MR) is 71.9 cm³/mol. The Balaban J connectivity index is 0.000000360. The summed E-state index contributed by atoms with van der Waals surface area (Å²) in [6.07, 6.45) is 0.190. The van der Waals surface area contributed by atoms with Crippen LogP contribution >= 0.6 is 34.8 Å². The molecule has 0 saturated carbocycles. The van der Waals surface area contributed by atoms with Crippen molar-refractivity contribution in [3.8, 4) is 0 Å². The number of hydrogen-bond donors (Lipinski definition) is 2. The summed E-state index contributed by atoms with van der Waals surface area (Å²) in [5.41, 5.74) is 0.126. The van der Waals surface area contributed by atoms with Gasteiger partial charge in [0.15, 0.2) is 0 Å². The molecule has 1 aliphatic heterocycles. The number of carbonyl (C=O) groups excluding carboxylic acids is 1. The van der Waals surface area contributed by atoms with Crippen LogP contribution in [0.2, 0.25) is 0 Å². The van der Waals surface area contributed by atoms with E-state index in [4.69, 9.17) is 39.9 Å². The van der Waals surface area contributed by atoms with Crippen molar-refractivity contribution in [2.45, 2.75) is 30.7 Å². The van der Waals surface area contributed by atoms with Crippen LogP contribution in [-0.2, 0) is 9.59 Å². The summed E-state index contributed by atoms with van der Waals surface area (Å²) in [7, 11) is 1.85. The lowest BCUT2D eigenvalue weighted by molar-refractivity contribution is -0.136. The second kappa shape index (κ2) is 6.28. The molecule has 0 aromatic carbocycles. The average molecular weight is 320 g/mol. The number of halogens is 3. The predicted octanol–water partition coefficient (Wildman–Crippen LogP) is 1.86. The number of aliphatic carboxylic acids is 1. The first-order valence-electron chi connectivity index (χ1n) is 5.16. The first-order chi connectivity index (χ1) is 7.87. The molecule has 5 nitrogen and oxygen atoms in total. The molecule has 1 aliphatic rings. The third kappa shape index (κ3) is 5.61. The molecule has 0 aliphatic carbocycles. The molecule has 0 aromatic rings. The van der Waals surface area contributed by atoms with E-state index in [1.165, 1.54) is 0 Å². The molecule has 0 aromatic heterocycles. The van der Waals surface area contributed by atoms with Gasteiger partial charge in [-0.25, -0.2) is 4.79 Å². The number of nitrogens with one attached hydrogen (secondary N) is 1. The zero-order valence-corrected chi connectivity index (χ0v) is 12.9. The minimum absolute atomic E-state index is 0.126. The van der Waals surface area contributed by atoms with Crippen molar-refractivity contribution in [3.05, 3.63) is 0 Å². The Morgan fingerprint density at radius 1 is 1.39 bits per heavy atom. The average Bonchev–Trinajstić information content (AvgIpc) is 2.45. The number of amides is 1. The zero-order chi connectivity index (χ0) is 14.7. The number of hydrogen-bond acceptors (Lipinski definition) is 3. The highest BCUT2D eigenvalue weighted by Crippen LogP contribution is 2.25. The fourth-order valence-electron chi connectivity index (χ4n) is 1.48. The maximum Gasteiger partial charge on any atom is 0.356 e. The van der Waals surface area contributed by atoms with Gasteiger partial charge in [-0.05, 0) is 5.41 Å². The molecule has 0 radical (unpaired) electrons. The Morgan fingerprint density at radius 2 is 1.78 bits per heavy atom. The van der Waals surface area contributed by atoms with Crippen LogP contribution in [0, 0.1) is 5.41 Å². The fraction of sp³-hybridized carbons (Fsp3) is 0.800. The number of alkyl halides is 3. The minimum Gasteiger partial charge on any atom is -0.478 e. The standard InChI is InChI=1S/C8H16N2O.C2HCl3O2/c1-8(2,3)7-9-5-6(11)10(7)4;3-2(4,5)1(6)7/h7,9H,5H2,1-4H3;(H,6,7)/t7-;/m1./s1. The molecule has 1 fully saturated rings. The van der Waals surface area contributed by atoms with Crippen molar-refractivity contribution in [2.75, 3.05) is 13.6 Å². The molecule has 1 saturated heterocycles. The number of carbonyl (C=O) groups is 2. The second-order valence-corrected chi connectivity index (χ2v) is 7.24. The van der Waals surface area contributed by atoms with E-state index < -0.39 is 9.76 Å². The van der Waals surface area contributed by atoms with Gasteiger partial charge in [-0.3, -0.25) is 10.1 Å². The Kier molecular flexibility index (Phi) is 6.20. The normalized spacial score (nSPS) is 20.5. The van der Waals surface area contributed by atoms with E-state index in [-0.39, 0.29) is 17.5 Å². The van der Waals surface area contributed by atoms with Crippen LogP contribution in [0.25, 0.3) is 0 Å². The van der Waals surface area contributed by atoms with Crippen molar-refractivity contribution in [3.63, 3.8) is 0 Å². The molecule has 1 atom stereocenters. The largest absolute Gasteiger partial charge is 0.478 e. The molecular weight excluding hydrogens is 302 g/mol. The van der Waals surface area contributed by atoms with Crippen molar-refractivity contribution in [1.29, 1.82) is 0 Å². The van der Waals surface area contributed by atoms with Gasteiger partial charge in [0, 0.05) is 7.05 Å². The summed E-state index contributed by atoms with van der Waals surface area (Å²) in [5, 5.41) is 11.0. The molecule has 18 heavy (non-hydrogen) atoms. The highest BCUT2D eigenvalue weighted by molar-refractivity contribution is 6.75. The summed E-state index contributed by atoms with van der Waals surface area (Å²) in [4.78, 5) is 22.5. The summed E-state index contributed by atoms with van der Waals surface area (Å²) in [6, 6.07) is 0. The molecule has 1 heterocycles. The van der Waals surface area contributed by atoms with Crippen LogP contribution in [-0.4, -0.2) is 45.4 Å². The molecule has 1 rings (SSSR count). The van der Waals surface area contributed by atoms with Crippen molar-refractivity contribution < 1.29 is 14.7 Å². The second-order valence-electron chi connectivity index (χ2n) is 4.96. The van der Waals surface area contributed by atoms with Crippen LogP contribution in [0.4, 0.5) is 0 Å². The smallest absolute Gasteiger partial charge is 0.356 e. The molecular formula is C10H17Cl3N2O3. The van der Waals surface area contributed by atoms with Crippen LogP contribution in [0.3, 0.4) is 0 Å². The van der Waals surface area contributed by atoms with Gasteiger partial charge in [-0.2, -0.15) is 0 Å². The highest BCUT2D eigenvalue weighted by Gasteiger charge is 2.35. The van der Waals surface area contributed by atoms with Gasteiger partial charge >= 0.3 is 5.97 Å². The third-order valence-corrected chi connectivity index (χ3v) is 2.78. The number of rotatable bonds is 0. The summed E-state index contributed by atoms with van der Waals surface area (Å²) < 4.78 is -2.17. The van der Waals surface area contributed by atoms with Crippen molar-refractivity contribution in [1.82, 2.24) is 10.2 Å². The van der Waals surface area contributed by atoms with Gasteiger partial charge < -0.3 is 10.0 Å². The van der Waals surface area contributed by atoms with Gasteiger partial charge in [-0.15, -0.1) is 0 Å². The van der Waals surface area contributed by atoms with E-state index in [0.717, 1.165) is 0 Å². The first kappa shape index (κ1) is 17.8. The lowest BCUT2D eigenvalue weighted by atomic mass is 9.92. The SMILES string of the molecule is CN1C(=O)CN[C@H]1C(C)(C)C.O=C(O)C(Cl)(Cl)Cl. The van der Waals surface area contributed by atoms with Gasteiger partial charge in [0.1, 0.15) is 0 Å². The van der Waals surface area contributed by atoms with E-state index in [2.05, 4.69) is 26.1 Å². The van der Waals surface area contributed by atoms with E-state index in [1.54, 1.807) is 4.90 Å². The van der Waals surface area contributed by atoms with Gasteiger partial charge in [-0.1, -0.05) is 55.6 Å². The first-order valence-corrected chi connectivity index (χ1v) is 6.30. The molecule has 0 unspecified atom stereocenters. The lowest BCUT2D eigenvalue weighted by Gasteiger charge is -2.32. The van der Waals surface area contributed by atoms with Gasteiger partial charge in [0.25, 0.3) is 3.79 Å². The van der Waals surface area contributed by atoms with Crippen LogP contribution in [0.1, 0.15) is 20.8 Å². The van der Waals surface area contributed by atoms with E-state index >= 15 is 0 Å². The zero-order valence-electron chi connectivity index (χ0n) is 10.6. The van der Waals surface area contributed by atoms with Gasteiger partial charge in [0.05, 0.1) is 12.7 Å². The fourth-order valence-corrected chi connectivity index (χ4v) is 1.48. The van der Waals surface area contributed by atoms with Crippen LogP contribution in [0.15, 0.2) is 0 Å². The maximum absolute atomic E-state index is 11.1. The highest BCUT2D eigenvalue weighted by atomic mass is 35.6. The number of carboxylic acid groups (broad SMARTS) is 1. The van der Waals surface area contributed by atoms with E-state index in [1.807, 2.05) is 7.05 Å². The Labute approximate surface area is 121 Å². The Hall–Kier alpha value is -0.230. The quantitative estimate of drug-likeness (QED) is 0.669. The lowest BCUT2D eigenvalue weighted by Crippen LogP contribution is -2.44. The topological polar surface area (TPSA) is 69.6 Å². The van der Waals surface area contributed by atoms with Crippen LogP contribution in [0.5, 0.6) is 0 Å². The number of carboxylic acids is 1. The van der Waals surface area contributed by atoms with Crippen molar-refractivity contribution in [2.24, 2.45) is 5.41 Å². The maximum atomic E-state index is 11.1. The van der Waals surface area contributed by atoms with Gasteiger partial charge in [0.2, 0.25) is 5.91 Å². The molecule has 106 valence electrons. The summed E-state index contributed by atoms with van der Waals surface area (Å²) in [5.74, 6) is -1.28. The van der Waals surface area contributed by atoms with Crippen LogP contribution < -0.4 is 5.32 Å².